The van der Waals surface area contributed by atoms with Crippen molar-refractivity contribution in [2.45, 2.75) is 542 Å². The molecule has 3 aliphatic rings. The van der Waals surface area contributed by atoms with Crippen LogP contribution in [0.4, 0.5) is 0 Å². The fourth-order valence-electron chi connectivity index (χ4n) is 16.7. The first-order valence-corrected chi connectivity index (χ1v) is 48.7. The molecular weight excluding hydrogens is 1460 g/mol. The molecule has 0 aromatic rings. The van der Waals surface area contributed by atoms with Crippen LogP contribution in [0.5, 0.6) is 0 Å². The minimum atomic E-state index is -1.98. The molecule has 0 saturated carbocycles. The van der Waals surface area contributed by atoms with Gasteiger partial charge in [-0.05, 0) is 51.4 Å². The molecule has 678 valence electrons. The minimum absolute atomic E-state index is 0.249. The molecule has 0 aromatic carbocycles. The van der Waals surface area contributed by atoms with Gasteiger partial charge in [-0.3, -0.25) is 4.79 Å². The Morgan fingerprint density at radius 1 is 0.313 bits per heavy atom. The van der Waals surface area contributed by atoms with Crippen molar-refractivity contribution in [3.05, 3.63) is 36.5 Å². The molecule has 17 atom stereocenters. The number of hydrogen-bond donors (Lipinski definition) is 12. The Balaban J connectivity index is 1.28. The molecule has 19 nitrogen and oxygen atoms in total. The highest BCUT2D eigenvalue weighted by Crippen LogP contribution is 2.34. The molecule has 115 heavy (non-hydrogen) atoms. The maximum atomic E-state index is 13.5. The van der Waals surface area contributed by atoms with Crippen molar-refractivity contribution >= 4 is 5.91 Å². The fourth-order valence-corrected chi connectivity index (χ4v) is 16.7. The van der Waals surface area contributed by atoms with E-state index in [4.69, 9.17) is 28.4 Å². The van der Waals surface area contributed by atoms with Gasteiger partial charge in [-0.15, -0.1) is 0 Å². The van der Waals surface area contributed by atoms with Crippen LogP contribution in [0.1, 0.15) is 438 Å². The minimum Gasteiger partial charge on any atom is -0.394 e. The summed E-state index contributed by atoms with van der Waals surface area (Å²) in [6.45, 7) is 1.81. The second-order valence-corrected chi connectivity index (χ2v) is 34.9. The average Bonchev–Trinajstić information content (AvgIpc) is 0.778. The Morgan fingerprint density at radius 3 is 0.887 bits per heavy atom. The van der Waals surface area contributed by atoms with Crippen molar-refractivity contribution in [3.63, 3.8) is 0 Å². The normalized spacial score (nSPS) is 24.7. The summed E-state index contributed by atoms with van der Waals surface area (Å²) in [4.78, 5) is 13.5. The third-order valence-corrected chi connectivity index (χ3v) is 24.4. The van der Waals surface area contributed by atoms with E-state index in [1.165, 1.54) is 360 Å². The zero-order valence-electron chi connectivity index (χ0n) is 73.6. The molecule has 0 aromatic heterocycles. The molecule has 0 aliphatic carbocycles. The van der Waals surface area contributed by atoms with Crippen molar-refractivity contribution in [2.75, 3.05) is 26.4 Å². The largest absolute Gasteiger partial charge is 0.394 e. The lowest BCUT2D eigenvalue weighted by Crippen LogP contribution is -2.66. The number of aliphatic hydroxyl groups is 11. The van der Waals surface area contributed by atoms with E-state index in [-0.39, 0.29) is 18.9 Å². The summed E-state index contributed by atoms with van der Waals surface area (Å²) in [5.41, 5.74) is 0. The van der Waals surface area contributed by atoms with Gasteiger partial charge in [-0.1, -0.05) is 416 Å². The summed E-state index contributed by atoms with van der Waals surface area (Å²) in [5, 5.41) is 121. The molecule has 17 unspecified atom stereocenters. The molecule has 3 rings (SSSR count). The Bertz CT molecular complexity index is 2210. The second-order valence-electron chi connectivity index (χ2n) is 34.9. The molecule has 3 heterocycles. The van der Waals surface area contributed by atoms with Gasteiger partial charge in [0.2, 0.25) is 5.91 Å². The first-order valence-electron chi connectivity index (χ1n) is 48.7. The summed E-state index contributed by atoms with van der Waals surface area (Å²) in [6.07, 6.45) is 71.8. The molecule has 0 spiro atoms. The summed E-state index contributed by atoms with van der Waals surface area (Å²) in [6, 6.07) is -0.973. The number of rotatable bonds is 81. The molecule has 3 aliphatic heterocycles. The van der Waals surface area contributed by atoms with Crippen molar-refractivity contribution in [1.82, 2.24) is 5.32 Å². The van der Waals surface area contributed by atoms with Crippen LogP contribution in [0, 0.1) is 0 Å². The number of ether oxygens (including phenoxy) is 6. The predicted molar refractivity (Wildman–Crippen MR) is 466 cm³/mol. The van der Waals surface area contributed by atoms with Crippen LogP contribution in [-0.4, -0.2) is 193 Å². The van der Waals surface area contributed by atoms with Crippen molar-refractivity contribution in [2.24, 2.45) is 0 Å². The summed E-state index contributed by atoms with van der Waals surface area (Å²) >= 11 is 0. The van der Waals surface area contributed by atoms with E-state index in [9.17, 15) is 61.0 Å². The third kappa shape index (κ3) is 53.6. The Hall–Kier alpha value is -1.99. The monoisotopic (exact) mass is 1640 g/mol. The van der Waals surface area contributed by atoms with E-state index in [1.54, 1.807) is 6.08 Å². The van der Waals surface area contributed by atoms with Crippen LogP contribution in [0.3, 0.4) is 0 Å². The lowest BCUT2D eigenvalue weighted by Gasteiger charge is -2.48. The van der Waals surface area contributed by atoms with Gasteiger partial charge in [-0.25, -0.2) is 0 Å². The highest BCUT2D eigenvalue weighted by atomic mass is 16.8. The lowest BCUT2D eigenvalue weighted by atomic mass is 9.96. The number of unbranched alkanes of at least 4 members (excludes halogenated alkanes) is 61. The van der Waals surface area contributed by atoms with Crippen LogP contribution < -0.4 is 5.32 Å². The lowest BCUT2D eigenvalue weighted by molar-refractivity contribution is -0.379. The topological polar surface area (TPSA) is 307 Å². The van der Waals surface area contributed by atoms with E-state index in [0.717, 1.165) is 51.4 Å². The van der Waals surface area contributed by atoms with E-state index in [2.05, 4.69) is 43.5 Å². The number of carbonyl (C=O) groups is 1. The highest BCUT2D eigenvalue weighted by Gasteiger charge is 2.54. The fraction of sp³-hybridized carbons (Fsp3) is 0.927. The zero-order valence-corrected chi connectivity index (χ0v) is 73.6. The van der Waals surface area contributed by atoms with E-state index in [0.29, 0.717) is 6.42 Å². The van der Waals surface area contributed by atoms with Gasteiger partial charge >= 0.3 is 0 Å². The van der Waals surface area contributed by atoms with Crippen LogP contribution in [-0.2, 0) is 33.2 Å². The summed E-state index contributed by atoms with van der Waals surface area (Å²) < 4.78 is 34.6. The number of aliphatic hydroxyl groups excluding tert-OH is 11. The summed E-state index contributed by atoms with van der Waals surface area (Å²) in [7, 11) is 0. The van der Waals surface area contributed by atoms with Crippen molar-refractivity contribution in [1.29, 1.82) is 0 Å². The first-order chi connectivity index (χ1) is 56.3. The van der Waals surface area contributed by atoms with E-state index >= 15 is 0 Å². The molecule has 1 amide bonds. The van der Waals surface area contributed by atoms with Gasteiger partial charge in [-0.2, -0.15) is 0 Å². The van der Waals surface area contributed by atoms with Crippen LogP contribution in [0.15, 0.2) is 36.5 Å². The van der Waals surface area contributed by atoms with Gasteiger partial charge < -0.3 is 89.9 Å². The number of hydrogen-bond acceptors (Lipinski definition) is 18. The molecule has 0 radical (unpaired) electrons. The Morgan fingerprint density at radius 2 is 0.574 bits per heavy atom. The third-order valence-electron chi connectivity index (χ3n) is 24.4. The van der Waals surface area contributed by atoms with Crippen LogP contribution in [0.2, 0.25) is 0 Å². The van der Waals surface area contributed by atoms with Gasteiger partial charge in [0.1, 0.15) is 73.2 Å². The van der Waals surface area contributed by atoms with Crippen molar-refractivity contribution in [3.8, 4) is 0 Å². The van der Waals surface area contributed by atoms with Gasteiger partial charge in [0.05, 0.1) is 38.6 Å². The molecular formula is C96H181NO18. The van der Waals surface area contributed by atoms with Crippen LogP contribution in [0.25, 0.3) is 0 Å². The van der Waals surface area contributed by atoms with Crippen LogP contribution >= 0.6 is 0 Å². The Labute approximate surface area is 701 Å². The first kappa shape index (κ1) is 107. The predicted octanol–water partition coefficient (Wildman–Crippen LogP) is 19.8. The zero-order chi connectivity index (χ0) is 83.1. The average molecular weight is 1640 g/mol. The number of amides is 1. The molecule has 0 bridgehead atoms. The highest BCUT2D eigenvalue weighted by molar-refractivity contribution is 5.76. The maximum absolute atomic E-state index is 13.5. The van der Waals surface area contributed by atoms with E-state index in [1.807, 2.05) is 6.08 Å². The van der Waals surface area contributed by atoms with Gasteiger partial charge in [0.25, 0.3) is 0 Å². The molecule has 3 fully saturated rings. The number of allylic oxidation sites excluding steroid dienone is 5. The number of carbonyl (C=O) groups excluding carboxylic acids is 1. The molecule has 19 heteroatoms. The smallest absolute Gasteiger partial charge is 0.220 e. The quantitative estimate of drug-likeness (QED) is 0.0199. The SMILES string of the molecule is CCCCCCC/C=C\C/C=C\CCCCCCCCCCCCCCCCCCCCCCCCCCCCCCCC(=O)NC(COC1OC(CO)C(OC2OC(CO)C(OC3OC(CO)C(O)C(O)C3O)C(O)C2O)C(O)C1O)C(O)/C=C/CCCCCCCCCCCCCCCCCCCCCCCCCCCCC. The summed E-state index contributed by atoms with van der Waals surface area (Å²) in [5.74, 6) is -0.265. The molecule has 12 N–H and O–H groups in total. The van der Waals surface area contributed by atoms with Gasteiger partial charge in [0, 0.05) is 6.42 Å². The maximum Gasteiger partial charge on any atom is 0.220 e. The molecule has 3 saturated heterocycles. The Kier molecular flexibility index (Phi) is 70.6. The standard InChI is InChI=1S/C96H181NO18/c1-3-5-7-9-11-13-15-17-19-21-23-25-27-29-31-33-34-35-36-37-38-39-40-41-42-43-44-46-48-50-52-54-56-58-60-62-64-66-68-70-72-74-84(102)97-79(80(101)73-71-69-67-65-63-61-59-57-55-53-51-49-47-45-32-30-28-26-24-22-20-18-16-14-12-10-8-6-4-2)78-110-94-90(108)87(105)92(82(76-99)112-94)115-96-91(109)88(106)93(83(77-100)113-96)114-95-89(107)86(104)85(103)81(75-98)111-95/h15,17,21,23,71,73,79-83,85-96,98-101,103-109H,3-14,16,18-20,22,24-70,72,74-78H2,1-2H3,(H,97,102)/b17-15-,23-21-,73-71+. The number of nitrogens with one attached hydrogen (secondary N) is 1. The van der Waals surface area contributed by atoms with Crippen molar-refractivity contribution < 1.29 is 89.4 Å². The van der Waals surface area contributed by atoms with Gasteiger partial charge in [0.15, 0.2) is 18.9 Å². The second kappa shape index (κ2) is 75.7. The van der Waals surface area contributed by atoms with E-state index < -0.39 is 124 Å².